The highest BCUT2D eigenvalue weighted by molar-refractivity contribution is 7.89. The topological polar surface area (TPSA) is 76.5 Å². The van der Waals surface area contributed by atoms with Gasteiger partial charge in [0.25, 0.3) is 0 Å². The summed E-state index contributed by atoms with van der Waals surface area (Å²) in [5.74, 6) is 0.908. The van der Waals surface area contributed by atoms with Crippen LogP contribution in [0, 0.1) is 6.92 Å². The summed E-state index contributed by atoms with van der Waals surface area (Å²) < 4.78 is 32.8. The largest absolute Gasteiger partial charge is 0.464 e. The summed E-state index contributed by atoms with van der Waals surface area (Å²) >= 11 is 1.57. The minimum atomic E-state index is -3.54. The van der Waals surface area contributed by atoms with Crippen LogP contribution in [0.4, 0.5) is 0 Å². The van der Waals surface area contributed by atoms with Gasteiger partial charge in [0.2, 0.25) is 10.0 Å². The maximum absolute atomic E-state index is 12.9. The fourth-order valence-corrected chi connectivity index (χ4v) is 4.97. The Morgan fingerprint density at radius 2 is 2.24 bits per heavy atom. The molecule has 2 heterocycles. The second kappa shape index (κ2) is 5.57. The van der Waals surface area contributed by atoms with Gasteiger partial charge in [-0.05, 0) is 31.2 Å². The van der Waals surface area contributed by atoms with Crippen LogP contribution in [0.3, 0.4) is 0 Å². The van der Waals surface area contributed by atoms with Crippen molar-refractivity contribution < 1.29 is 12.8 Å². The highest BCUT2D eigenvalue weighted by atomic mass is 32.2. The Morgan fingerprint density at radius 3 is 2.76 bits per heavy atom. The molecular formula is C14H18N2O3S2. The standard InChI is InChI=1S/C14H18N2O3S2/c1-10-14(7-12(8-15)19-10)21(17,18)16(11-4-5-11)9-13-3-2-6-20-13/h2-3,6-7,11H,4-5,8-9,15H2,1H3. The average Bonchev–Trinajstić information content (AvgIpc) is 2.99. The van der Waals surface area contributed by atoms with Crippen molar-refractivity contribution in [2.75, 3.05) is 0 Å². The zero-order valence-corrected chi connectivity index (χ0v) is 13.4. The van der Waals surface area contributed by atoms with Crippen LogP contribution in [-0.4, -0.2) is 18.8 Å². The van der Waals surface area contributed by atoms with E-state index in [1.165, 1.54) is 0 Å². The van der Waals surface area contributed by atoms with Crippen LogP contribution in [0.2, 0.25) is 0 Å². The first-order valence-corrected chi connectivity index (χ1v) is 9.18. The Bertz CT molecular complexity index is 715. The smallest absolute Gasteiger partial charge is 0.247 e. The fraction of sp³-hybridized carbons (Fsp3) is 0.429. The second-order valence-electron chi connectivity index (χ2n) is 5.20. The molecule has 0 radical (unpaired) electrons. The van der Waals surface area contributed by atoms with Crippen molar-refractivity contribution in [2.24, 2.45) is 5.73 Å². The number of sulfonamides is 1. The van der Waals surface area contributed by atoms with Crippen molar-refractivity contribution in [2.45, 2.75) is 43.8 Å². The van der Waals surface area contributed by atoms with Gasteiger partial charge in [-0.1, -0.05) is 6.07 Å². The van der Waals surface area contributed by atoms with Crippen LogP contribution in [0.15, 0.2) is 32.9 Å². The van der Waals surface area contributed by atoms with Gasteiger partial charge in [-0.3, -0.25) is 0 Å². The van der Waals surface area contributed by atoms with E-state index in [1.807, 2.05) is 17.5 Å². The van der Waals surface area contributed by atoms with Gasteiger partial charge < -0.3 is 10.2 Å². The minimum Gasteiger partial charge on any atom is -0.464 e. The summed E-state index contributed by atoms with van der Waals surface area (Å²) in [6.45, 7) is 2.29. The number of thiophene rings is 1. The zero-order chi connectivity index (χ0) is 15.0. The molecule has 0 aliphatic heterocycles. The normalized spacial score (nSPS) is 15.8. The van der Waals surface area contributed by atoms with Gasteiger partial charge in [-0.15, -0.1) is 11.3 Å². The molecule has 1 saturated carbocycles. The fourth-order valence-electron chi connectivity index (χ4n) is 2.34. The average molecular weight is 326 g/mol. The maximum atomic E-state index is 12.9. The summed E-state index contributed by atoms with van der Waals surface area (Å²) in [5, 5.41) is 1.96. The van der Waals surface area contributed by atoms with Crippen LogP contribution in [-0.2, 0) is 23.1 Å². The van der Waals surface area contributed by atoms with Crippen molar-refractivity contribution >= 4 is 21.4 Å². The number of aryl methyl sites for hydroxylation is 1. The van der Waals surface area contributed by atoms with E-state index in [2.05, 4.69) is 0 Å². The highest BCUT2D eigenvalue weighted by Crippen LogP contribution is 2.35. The Kier molecular flexibility index (Phi) is 3.92. The van der Waals surface area contributed by atoms with Gasteiger partial charge in [0.1, 0.15) is 16.4 Å². The molecule has 5 nitrogen and oxygen atoms in total. The predicted molar refractivity (Wildman–Crippen MR) is 81.4 cm³/mol. The number of nitrogens with two attached hydrogens (primary N) is 1. The highest BCUT2D eigenvalue weighted by Gasteiger charge is 2.39. The Balaban J connectivity index is 1.95. The van der Waals surface area contributed by atoms with Crippen LogP contribution in [0.25, 0.3) is 0 Å². The third-order valence-corrected chi connectivity index (χ3v) is 6.42. The van der Waals surface area contributed by atoms with Crippen molar-refractivity contribution in [3.05, 3.63) is 40.0 Å². The molecule has 1 aliphatic carbocycles. The molecule has 0 amide bonds. The molecule has 1 fully saturated rings. The minimum absolute atomic E-state index is 0.104. The van der Waals surface area contributed by atoms with E-state index in [-0.39, 0.29) is 17.5 Å². The summed E-state index contributed by atoms with van der Waals surface area (Å²) in [5.41, 5.74) is 5.53. The maximum Gasteiger partial charge on any atom is 0.247 e. The van der Waals surface area contributed by atoms with E-state index >= 15 is 0 Å². The van der Waals surface area contributed by atoms with E-state index in [9.17, 15) is 8.42 Å². The predicted octanol–water partition coefficient (Wildman–Crippen LogP) is 2.46. The monoisotopic (exact) mass is 326 g/mol. The van der Waals surface area contributed by atoms with E-state index < -0.39 is 10.0 Å². The Hall–Kier alpha value is -1.15. The molecule has 1 aliphatic rings. The first kappa shape index (κ1) is 14.8. The van der Waals surface area contributed by atoms with Crippen LogP contribution in [0.5, 0.6) is 0 Å². The molecule has 2 aromatic rings. The summed E-state index contributed by atoms with van der Waals surface area (Å²) in [7, 11) is -3.54. The first-order chi connectivity index (χ1) is 10.0. The number of hydrogen-bond donors (Lipinski definition) is 1. The van der Waals surface area contributed by atoms with Gasteiger partial charge in [0, 0.05) is 23.5 Å². The molecule has 0 spiro atoms. The van der Waals surface area contributed by atoms with Crippen molar-refractivity contribution in [3.8, 4) is 0 Å². The van der Waals surface area contributed by atoms with Crippen LogP contribution >= 0.6 is 11.3 Å². The molecule has 0 unspecified atom stereocenters. The lowest BCUT2D eigenvalue weighted by atomic mass is 10.4. The van der Waals surface area contributed by atoms with Crippen LogP contribution < -0.4 is 5.73 Å². The lowest BCUT2D eigenvalue weighted by Gasteiger charge is -2.20. The molecule has 2 N–H and O–H groups in total. The Morgan fingerprint density at radius 1 is 1.48 bits per heavy atom. The lowest BCUT2D eigenvalue weighted by molar-refractivity contribution is 0.399. The molecule has 7 heteroatoms. The molecule has 114 valence electrons. The molecule has 3 rings (SSSR count). The van der Waals surface area contributed by atoms with Gasteiger partial charge in [0.05, 0.1) is 6.54 Å². The lowest BCUT2D eigenvalue weighted by Crippen LogP contribution is -2.32. The van der Waals surface area contributed by atoms with Gasteiger partial charge >= 0.3 is 0 Å². The molecule has 0 bridgehead atoms. The van der Waals surface area contributed by atoms with Gasteiger partial charge in [0.15, 0.2) is 0 Å². The third-order valence-electron chi connectivity index (χ3n) is 3.56. The molecule has 2 aromatic heterocycles. The molecule has 21 heavy (non-hydrogen) atoms. The van der Waals surface area contributed by atoms with E-state index in [0.717, 1.165) is 17.7 Å². The third kappa shape index (κ3) is 2.91. The summed E-state index contributed by atoms with van der Waals surface area (Å²) in [6, 6.07) is 5.55. The van der Waals surface area contributed by atoms with E-state index in [4.69, 9.17) is 10.2 Å². The Labute approximate surface area is 128 Å². The number of furan rings is 1. The second-order valence-corrected chi connectivity index (χ2v) is 8.09. The van der Waals surface area contributed by atoms with Crippen molar-refractivity contribution in [1.82, 2.24) is 4.31 Å². The number of nitrogens with zero attached hydrogens (tertiary/aromatic N) is 1. The number of hydrogen-bond acceptors (Lipinski definition) is 5. The molecule has 0 saturated heterocycles. The quantitative estimate of drug-likeness (QED) is 0.884. The van der Waals surface area contributed by atoms with Crippen molar-refractivity contribution in [1.29, 1.82) is 0 Å². The molecule has 0 aromatic carbocycles. The number of rotatable bonds is 6. The van der Waals surface area contributed by atoms with E-state index in [0.29, 0.717) is 18.1 Å². The van der Waals surface area contributed by atoms with Crippen molar-refractivity contribution in [3.63, 3.8) is 0 Å². The van der Waals surface area contributed by atoms with Gasteiger partial charge in [-0.25, -0.2) is 8.42 Å². The molecular weight excluding hydrogens is 308 g/mol. The van der Waals surface area contributed by atoms with Gasteiger partial charge in [-0.2, -0.15) is 4.31 Å². The first-order valence-electron chi connectivity index (χ1n) is 6.86. The molecule has 0 atom stereocenters. The SMILES string of the molecule is Cc1oc(CN)cc1S(=O)(=O)N(Cc1cccs1)C1CC1. The summed E-state index contributed by atoms with van der Waals surface area (Å²) in [4.78, 5) is 1.29. The van der Waals surface area contributed by atoms with E-state index in [1.54, 1.807) is 28.6 Å². The summed E-state index contributed by atoms with van der Waals surface area (Å²) in [6.07, 6.45) is 1.84. The zero-order valence-electron chi connectivity index (χ0n) is 11.8. The van der Waals surface area contributed by atoms with Crippen LogP contribution in [0.1, 0.15) is 29.2 Å².